The molecule has 19 heavy (non-hydrogen) atoms. The number of aryl methyl sites for hydroxylation is 1. The van der Waals surface area contributed by atoms with Crippen LogP contribution in [0.15, 0.2) is 39.4 Å². The fourth-order valence-corrected chi connectivity index (χ4v) is 2.64. The molecule has 1 aromatic carbocycles. The lowest BCUT2D eigenvalue weighted by molar-refractivity contribution is 0.0949. The number of hydrogen-bond acceptors (Lipinski definition) is 2. The molecule has 1 aromatic heterocycles. The fourth-order valence-electron chi connectivity index (χ4n) is 1.74. The number of carbonyl (C=O) groups excluding carboxylic acids is 1. The summed E-state index contributed by atoms with van der Waals surface area (Å²) in [6.45, 7) is 3.22. The lowest BCUT2D eigenvalue weighted by Crippen LogP contribution is -2.24. The van der Waals surface area contributed by atoms with Crippen molar-refractivity contribution >= 4 is 37.8 Å². The van der Waals surface area contributed by atoms with Gasteiger partial charge in [0.15, 0.2) is 0 Å². The third-order valence-corrected chi connectivity index (χ3v) is 4.09. The normalized spacial score (nSPS) is 10.5. The average Bonchev–Trinajstić information content (AvgIpc) is 2.77. The molecule has 0 aliphatic heterocycles. The highest BCUT2D eigenvalue weighted by molar-refractivity contribution is 9.10. The monoisotopic (exact) mass is 385 g/mol. The first-order chi connectivity index (χ1) is 9.13. The number of aromatic nitrogens is 2. The third-order valence-electron chi connectivity index (χ3n) is 2.73. The Bertz CT molecular complexity index is 595. The molecule has 1 amide bonds. The molecule has 0 unspecified atom stereocenters. The summed E-state index contributed by atoms with van der Waals surface area (Å²) in [4.78, 5) is 12.1. The Hall–Kier alpha value is -1.14. The predicted octanol–water partition coefficient (Wildman–Crippen LogP) is 3.36. The van der Waals surface area contributed by atoms with Crippen molar-refractivity contribution in [2.45, 2.75) is 20.0 Å². The maximum atomic E-state index is 12.1. The summed E-state index contributed by atoms with van der Waals surface area (Å²) in [7, 11) is 0. The van der Waals surface area contributed by atoms with E-state index in [0.29, 0.717) is 12.1 Å². The zero-order valence-electron chi connectivity index (χ0n) is 10.4. The van der Waals surface area contributed by atoms with Crippen molar-refractivity contribution in [2.75, 3.05) is 0 Å². The minimum Gasteiger partial charge on any atom is -0.346 e. The topological polar surface area (TPSA) is 46.9 Å². The standard InChI is InChI=1S/C13H13Br2N3O/c1-2-18-12(11(15)7-17-18)8-16-13(19)9-5-3-4-6-10(9)14/h3-7H,2,8H2,1H3,(H,16,19). The summed E-state index contributed by atoms with van der Waals surface area (Å²) in [5.41, 5.74) is 1.59. The van der Waals surface area contributed by atoms with Crippen LogP contribution in [0.3, 0.4) is 0 Å². The molecule has 0 bridgehead atoms. The lowest BCUT2D eigenvalue weighted by Gasteiger charge is -2.09. The van der Waals surface area contributed by atoms with Crippen LogP contribution in [-0.4, -0.2) is 15.7 Å². The summed E-state index contributed by atoms with van der Waals surface area (Å²) >= 11 is 6.81. The second-order valence-electron chi connectivity index (χ2n) is 3.92. The van der Waals surface area contributed by atoms with Gasteiger partial charge in [-0.25, -0.2) is 0 Å². The van der Waals surface area contributed by atoms with Crippen molar-refractivity contribution in [3.8, 4) is 0 Å². The van der Waals surface area contributed by atoms with Crippen LogP contribution in [0, 0.1) is 0 Å². The number of amides is 1. The molecule has 1 N–H and O–H groups in total. The van der Waals surface area contributed by atoms with Gasteiger partial charge in [0.05, 0.1) is 28.5 Å². The predicted molar refractivity (Wildman–Crippen MR) is 80.9 cm³/mol. The van der Waals surface area contributed by atoms with E-state index in [-0.39, 0.29) is 5.91 Å². The number of nitrogens with zero attached hydrogens (tertiary/aromatic N) is 2. The Kier molecular flexibility index (Phi) is 4.76. The third kappa shape index (κ3) is 3.25. The van der Waals surface area contributed by atoms with Gasteiger partial charge in [0.2, 0.25) is 0 Å². The van der Waals surface area contributed by atoms with Gasteiger partial charge in [-0.2, -0.15) is 5.10 Å². The Labute approximate surface area is 128 Å². The summed E-state index contributed by atoms with van der Waals surface area (Å²) in [6.07, 6.45) is 1.74. The number of rotatable bonds is 4. The molecular formula is C13H13Br2N3O. The van der Waals surface area contributed by atoms with E-state index in [0.717, 1.165) is 21.2 Å². The molecule has 0 atom stereocenters. The summed E-state index contributed by atoms with van der Waals surface area (Å²) in [6, 6.07) is 7.35. The zero-order chi connectivity index (χ0) is 13.8. The molecule has 0 spiro atoms. The van der Waals surface area contributed by atoms with Crippen LogP contribution >= 0.6 is 31.9 Å². The number of benzene rings is 1. The number of nitrogens with one attached hydrogen (secondary N) is 1. The molecular weight excluding hydrogens is 374 g/mol. The first kappa shape index (κ1) is 14.3. The number of carbonyl (C=O) groups is 1. The largest absolute Gasteiger partial charge is 0.346 e. The van der Waals surface area contributed by atoms with E-state index in [1.54, 1.807) is 12.3 Å². The van der Waals surface area contributed by atoms with Gasteiger partial charge >= 0.3 is 0 Å². The van der Waals surface area contributed by atoms with E-state index in [1.165, 1.54) is 0 Å². The van der Waals surface area contributed by atoms with Crippen molar-refractivity contribution in [1.29, 1.82) is 0 Å². The van der Waals surface area contributed by atoms with Crippen LogP contribution in [-0.2, 0) is 13.1 Å². The molecule has 6 heteroatoms. The molecule has 0 aliphatic carbocycles. The smallest absolute Gasteiger partial charge is 0.252 e. The minimum absolute atomic E-state index is 0.108. The molecule has 2 aromatic rings. The number of halogens is 2. The molecule has 0 aliphatic rings. The Morgan fingerprint density at radius 3 is 2.74 bits per heavy atom. The van der Waals surface area contributed by atoms with Gasteiger partial charge in [-0.15, -0.1) is 0 Å². The van der Waals surface area contributed by atoms with Gasteiger partial charge in [-0.1, -0.05) is 12.1 Å². The van der Waals surface area contributed by atoms with Gasteiger partial charge in [-0.05, 0) is 50.9 Å². The second kappa shape index (κ2) is 6.34. The molecule has 0 fully saturated rings. The van der Waals surface area contributed by atoms with Crippen LogP contribution in [0.25, 0.3) is 0 Å². The highest BCUT2D eigenvalue weighted by Gasteiger charge is 2.12. The molecule has 0 saturated heterocycles. The van der Waals surface area contributed by atoms with Gasteiger partial charge in [0, 0.05) is 11.0 Å². The fraction of sp³-hybridized carbons (Fsp3) is 0.231. The van der Waals surface area contributed by atoms with Crippen molar-refractivity contribution in [3.63, 3.8) is 0 Å². The van der Waals surface area contributed by atoms with Gasteiger partial charge in [0.25, 0.3) is 5.91 Å². The van der Waals surface area contributed by atoms with Crippen molar-refractivity contribution in [1.82, 2.24) is 15.1 Å². The maximum absolute atomic E-state index is 12.1. The summed E-state index contributed by atoms with van der Waals surface area (Å²) < 4.78 is 3.54. The Balaban J connectivity index is 2.09. The lowest BCUT2D eigenvalue weighted by atomic mass is 10.2. The Morgan fingerprint density at radius 2 is 2.05 bits per heavy atom. The van der Waals surface area contributed by atoms with E-state index in [4.69, 9.17) is 0 Å². The van der Waals surface area contributed by atoms with E-state index in [9.17, 15) is 4.79 Å². The first-order valence-electron chi connectivity index (χ1n) is 5.86. The minimum atomic E-state index is -0.108. The molecule has 2 rings (SSSR count). The van der Waals surface area contributed by atoms with Crippen LogP contribution in [0.1, 0.15) is 23.0 Å². The quantitative estimate of drug-likeness (QED) is 0.875. The van der Waals surface area contributed by atoms with Crippen molar-refractivity contribution in [3.05, 3.63) is 50.7 Å². The van der Waals surface area contributed by atoms with Crippen molar-refractivity contribution in [2.24, 2.45) is 0 Å². The van der Waals surface area contributed by atoms with Crippen LogP contribution < -0.4 is 5.32 Å². The Morgan fingerprint density at radius 1 is 1.32 bits per heavy atom. The van der Waals surface area contributed by atoms with Gasteiger partial charge < -0.3 is 5.32 Å². The first-order valence-corrected chi connectivity index (χ1v) is 7.45. The summed E-state index contributed by atoms with van der Waals surface area (Å²) in [5, 5.41) is 7.11. The second-order valence-corrected chi connectivity index (χ2v) is 5.63. The van der Waals surface area contributed by atoms with Crippen LogP contribution in [0.2, 0.25) is 0 Å². The van der Waals surface area contributed by atoms with E-state index >= 15 is 0 Å². The maximum Gasteiger partial charge on any atom is 0.252 e. The molecule has 0 saturated carbocycles. The highest BCUT2D eigenvalue weighted by atomic mass is 79.9. The molecule has 0 radical (unpaired) electrons. The van der Waals surface area contributed by atoms with Crippen molar-refractivity contribution < 1.29 is 4.79 Å². The van der Waals surface area contributed by atoms with Gasteiger partial charge in [-0.3, -0.25) is 9.48 Å². The SMILES string of the molecule is CCn1ncc(Br)c1CNC(=O)c1ccccc1Br. The van der Waals surface area contributed by atoms with Crippen LogP contribution in [0.5, 0.6) is 0 Å². The molecule has 1 heterocycles. The number of hydrogen-bond donors (Lipinski definition) is 1. The van der Waals surface area contributed by atoms with E-state index in [2.05, 4.69) is 42.3 Å². The zero-order valence-corrected chi connectivity index (χ0v) is 13.5. The van der Waals surface area contributed by atoms with Crippen LogP contribution in [0.4, 0.5) is 0 Å². The molecule has 100 valence electrons. The highest BCUT2D eigenvalue weighted by Crippen LogP contribution is 2.18. The van der Waals surface area contributed by atoms with Gasteiger partial charge in [0.1, 0.15) is 0 Å². The molecule has 4 nitrogen and oxygen atoms in total. The van der Waals surface area contributed by atoms with E-state index < -0.39 is 0 Å². The average molecular weight is 387 g/mol. The van der Waals surface area contributed by atoms with E-state index in [1.807, 2.05) is 29.8 Å². The summed E-state index contributed by atoms with van der Waals surface area (Å²) in [5.74, 6) is -0.108.